The van der Waals surface area contributed by atoms with Gasteiger partial charge in [0.05, 0.1) is 0 Å². The Kier molecular flexibility index (Phi) is 3.36. The summed E-state index contributed by atoms with van der Waals surface area (Å²) in [6, 6.07) is 9.47. The van der Waals surface area contributed by atoms with Crippen LogP contribution in [0.3, 0.4) is 0 Å². The number of hydrogen-bond acceptors (Lipinski definition) is 2. The van der Waals surface area contributed by atoms with Crippen molar-refractivity contribution in [3.05, 3.63) is 59.9 Å². The van der Waals surface area contributed by atoms with Gasteiger partial charge in [0, 0.05) is 0 Å². The van der Waals surface area contributed by atoms with Crippen molar-refractivity contribution in [2.24, 2.45) is 0 Å². The molecule has 0 radical (unpaired) electrons. The van der Waals surface area contributed by atoms with E-state index < -0.39 is 54.6 Å². The molecule has 0 fully saturated rings. The molecule has 2 aromatic carbocycles. The van der Waals surface area contributed by atoms with E-state index in [1.807, 2.05) is 30.3 Å². The van der Waals surface area contributed by atoms with E-state index in [1.165, 1.54) is 0 Å². The summed E-state index contributed by atoms with van der Waals surface area (Å²) in [4.78, 5) is 7.58. The van der Waals surface area contributed by atoms with Crippen LogP contribution in [0.5, 0.6) is 0 Å². The maximum absolute atomic E-state index is 14.2. The fraction of sp³-hybridized carbons (Fsp3) is 0. The molecule has 0 saturated carbocycles. The van der Waals surface area contributed by atoms with Crippen LogP contribution in [0.15, 0.2) is 36.7 Å². The van der Waals surface area contributed by atoms with Gasteiger partial charge in [-0.3, -0.25) is 0 Å². The van der Waals surface area contributed by atoms with Crippen molar-refractivity contribution in [3.63, 3.8) is 0 Å². The van der Waals surface area contributed by atoms with Gasteiger partial charge < -0.3 is 0 Å². The van der Waals surface area contributed by atoms with Crippen molar-refractivity contribution in [1.82, 2.24) is 9.97 Å². The predicted octanol–water partition coefficient (Wildman–Crippen LogP) is 4.06. The third-order valence-electron chi connectivity index (χ3n) is 3.51. The van der Waals surface area contributed by atoms with Crippen LogP contribution in [0.2, 0.25) is 0 Å². The average Bonchev–Trinajstić information content (AvgIpc) is 3.01. The molecule has 114 valence electrons. The van der Waals surface area contributed by atoms with E-state index in [1.54, 1.807) is 0 Å². The van der Waals surface area contributed by atoms with Crippen molar-refractivity contribution in [3.8, 4) is 9.27 Å². The fourth-order valence-electron chi connectivity index (χ4n) is 2.45. The SMILES string of the molecule is Fc1c(F)c(F)c2c(-c3cc4ccccc4[te]3)ncnc2c1F. The van der Waals surface area contributed by atoms with Crippen LogP contribution in [0.25, 0.3) is 29.0 Å². The predicted molar refractivity (Wildman–Crippen MR) is 79.3 cm³/mol. The normalized spacial score (nSPS) is 11.5. The molecule has 4 rings (SSSR count). The van der Waals surface area contributed by atoms with E-state index in [2.05, 4.69) is 9.97 Å². The number of halogens is 4. The van der Waals surface area contributed by atoms with Crippen LogP contribution >= 0.6 is 0 Å². The molecule has 0 aliphatic carbocycles. The van der Waals surface area contributed by atoms with Crippen LogP contribution in [0.4, 0.5) is 17.6 Å². The van der Waals surface area contributed by atoms with Crippen LogP contribution in [-0.4, -0.2) is 30.4 Å². The first kappa shape index (κ1) is 14.6. The van der Waals surface area contributed by atoms with E-state index in [-0.39, 0.29) is 5.69 Å². The number of benzene rings is 2. The van der Waals surface area contributed by atoms with Gasteiger partial charge in [0.1, 0.15) is 0 Å². The van der Waals surface area contributed by atoms with Crippen molar-refractivity contribution in [2.75, 3.05) is 0 Å². The van der Waals surface area contributed by atoms with Gasteiger partial charge in [-0.15, -0.1) is 0 Å². The molecule has 0 aliphatic heterocycles. The fourth-order valence-corrected chi connectivity index (χ4v) is 5.49. The Balaban J connectivity index is 2.11. The molecule has 2 heterocycles. The molecule has 2 nitrogen and oxygen atoms in total. The van der Waals surface area contributed by atoms with Crippen LogP contribution in [0, 0.1) is 23.3 Å². The molecule has 0 bridgehead atoms. The Bertz CT molecular complexity index is 1040. The van der Waals surface area contributed by atoms with E-state index in [9.17, 15) is 17.6 Å². The summed E-state index contributed by atoms with van der Waals surface area (Å²) in [5.74, 6) is -6.67. The molecular formula is C16H6F4N2Te. The molecule has 0 aliphatic rings. The van der Waals surface area contributed by atoms with Crippen molar-refractivity contribution < 1.29 is 17.6 Å². The third-order valence-corrected chi connectivity index (χ3v) is 6.72. The summed E-state index contributed by atoms with van der Waals surface area (Å²) in [5, 5.41) is 0.577. The Labute approximate surface area is 137 Å². The number of aromatic nitrogens is 2. The molecule has 0 saturated heterocycles. The van der Waals surface area contributed by atoms with Gasteiger partial charge in [-0.05, 0) is 0 Å². The summed E-state index contributed by atoms with van der Waals surface area (Å²) in [6.45, 7) is 0. The average molecular weight is 430 g/mol. The molecule has 7 heteroatoms. The Morgan fingerprint density at radius 2 is 1.57 bits per heavy atom. The van der Waals surface area contributed by atoms with E-state index >= 15 is 0 Å². The van der Waals surface area contributed by atoms with Crippen molar-refractivity contribution in [2.45, 2.75) is 0 Å². The minimum atomic E-state index is -1.86. The molecule has 0 spiro atoms. The summed E-state index contributed by atoms with van der Waals surface area (Å²) in [7, 11) is 0. The zero-order valence-corrected chi connectivity index (χ0v) is 13.6. The molecule has 0 atom stereocenters. The second kappa shape index (κ2) is 5.29. The number of rotatable bonds is 1. The summed E-state index contributed by atoms with van der Waals surface area (Å²) in [5.41, 5.74) is -0.417. The van der Waals surface area contributed by atoms with Crippen molar-refractivity contribution >= 4 is 40.1 Å². The monoisotopic (exact) mass is 432 g/mol. The first-order chi connectivity index (χ1) is 11.1. The summed E-state index contributed by atoms with van der Waals surface area (Å²) in [6.07, 6.45) is 1.04. The van der Waals surface area contributed by atoms with Gasteiger partial charge in [-0.1, -0.05) is 0 Å². The molecule has 4 aromatic rings. The zero-order valence-electron chi connectivity index (χ0n) is 11.3. The standard InChI is InChI=1S/C16H6F4N2Te/c17-11-10-15(9-5-7-3-1-2-4-8(7)23-9)21-6-22-16(10)14(20)13(19)12(11)18/h1-6H. The third kappa shape index (κ3) is 2.15. The topological polar surface area (TPSA) is 25.8 Å². The first-order valence-corrected chi connectivity index (χ1v) is 8.86. The van der Waals surface area contributed by atoms with Gasteiger partial charge in [-0.25, -0.2) is 0 Å². The quantitative estimate of drug-likeness (QED) is 0.197. The van der Waals surface area contributed by atoms with E-state index in [4.69, 9.17) is 0 Å². The van der Waals surface area contributed by atoms with E-state index in [0.717, 1.165) is 18.7 Å². The number of hydrogen-bond donors (Lipinski definition) is 0. The summed E-state index contributed by atoms with van der Waals surface area (Å²) < 4.78 is 56.9. The van der Waals surface area contributed by atoms with Gasteiger partial charge in [0.25, 0.3) is 0 Å². The maximum atomic E-state index is 14.2. The van der Waals surface area contributed by atoms with Gasteiger partial charge in [0.2, 0.25) is 0 Å². The Morgan fingerprint density at radius 3 is 2.35 bits per heavy atom. The molecule has 0 N–H and O–H groups in total. The first-order valence-electron chi connectivity index (χ1n) is 6.53. The second-order valence-electron chi connectivity index (χ2n) is 4.85. The summed E-state index contributed by atoms with van der Waals surface area (Å²) >= 11 is -0.875. The zero-order chi connectivity index (χ0) is 16.1. The molecule has 23 heavy (non-hydrogen) atoms. The number of fused-ring (bicyclic) bond motifs is 2. The van der Waals surface area contributed by atoms with Gasteiger partial charge in [0.15, 0.2) is 0 Å². The molecule has 2 aromatic heterocycles. The number of nitrogens with zero attached hydrogens (tertiary/aromatic N) is 2. The minimum absolute atomic E-state index is 0.129. The second-order valence-corrected chi connectivity index (χ2v) is 7.94. The Morgan fingerprint density at radius 1 is 0.826 bits per heavy atom. The van der Waals surface area contributed by atoms with Gasteiger partial charge >= 0.3 is 137 Å². The van der Waals surface area contributed by atoms with Gasteiger partial charge in [-0.2, -0.15) is 0 Å². The molecule has 0 unspecified atom stereocenters. The van der Waals surface area contributed by atoms with E-state index in [0.29, 0.717) is 0 Å². The van der Waals surface area contributed by atoms with Crippen molar-refractivity contribution in [1.29, 1.82) is 0 Å². The Hall–Kier alpha value is -1.97. The van der Waals surface area contributed by atoms with Crippen LogP contribution in [-0.2, 0) is 0 Å². The molecule has 0 amide bonds. The molecular weight excluding hydrogens is 424 g/mol. The van der Waals surface area contributed by atoms with Crippen LogP contribution in [0.1, 0.15) is 0 Å². The van der Waals surface area contributed by atoms with Crippen LogP contribution < -0.4 is 0 Å².